The minimum Gasteiger partial charge on any atom is -0.405 e. The van der Waals surface area contributed by atoms with Crippen LogP contribution < -0.4 is 31.1 Å². The predicted octanol–water partition coefficient (Wildman–Crippen LogP) is 7.91. The first-order valence-corrected chi connectivity index (χ1v) is 30.5. The average molecular weight is 947 g/mol. The van der Waals surface area contributed by atoms with E-state index in [1.54, 1.807) is 0 Å². The molecule has 65 heavy (non-hydrogen) atoms. The highest BCUT2D eigenvalue weighted by Crippen LogP contribution is 2.50. The minimum atomic E-state index is -4.41. The van der Waals surface area contributed by atoms with Gasteiger partial charge in [-0.1, -0.05) is 240 Å². The van der Waals surface area contributed by atoms with Crippen LogP contribution in [0.3, 0.4) is 0 Å². The third-order valence-corrected chi connectivity index (χ3v) is 28.2. The van der Waals surface area contributed by atoms with E-state index in [9.17, 15) is 14.8 Å². The van der Waals surface area contributed by atoms with Gasteiger partial charge in [0.1, 0.15) is 8.07 Å². The molecular formula is C53H67O8PSi3. The number of hydrogen-bond donors (Lipinski definition) is 2. The lowest BCUT2D eigenvalue weighted by Gasteiger charge is -2.43. The largest absolute Gasteiger partial charge is 0.474 e. The molecule has 0 bridgehead atoms. The van der Waals surface area contributed by atoms with E-state index in [1.807, 2.05) is 109 Å². The zero-order valence-corrected chi connectivity index (χ0v) is 42.9. The molecule has 6 rings (SSSR count). The molecule has 0 radical (unpaired) electrons. The maximum absolute atomic E-state index is 14.8. The zero-order valence-electron chi connectivity index (χ0n) is 39.0. The average Bonchev–Trinajstić information content (AvgIpc) is 3.32. The van der Waals surface area contributed by atoms with E-state index in [-0.39, 0.29) is 29.9 Å². The van der Waals surface area contributed by atoms with Gasteiger partial charge in [0.05, 0.1) is 45.2 Å². The van der Waals surface area contributed by atoms with Crippen molar-refractivity contribution in [1.82, 2.24) is 0 Å². The highest BCUT2D eigenvalue weighted by atomic mass is 31.2. The van der Waals surface area contributed by atoms with Gasteiger partial charge in [0.25, 0.3) is 16.6 Å². The third-order valence-electron chi connectivity index (χ3n) is 12.3. The summed E-state index contributed by atoms with van der Waals surface area (Å²) in [6.45, 7) is 14.4. The van der Waals surface area contributed by atoms with E-state index in [0.717, 1.165) is 20.7 Å². The lowest BCUT2D eigenvalue weighted by Crippen LogP contribution is -2.67. The van der Waals surface area contributed by atoms with Gasteiger partial charge in [-0.3, -0.25) is 13.6 Å². The van der Waals surface area contributed by atoms with Crippen LogP contribution in [0.4, 0.5) is 0 Å². The molecule has 0 aliphatic carbocycles. The fourth-order valence-electron chi connectivity index (χ4n) is 8.96. The number of benzene rings is 6. The Labute approximate surface area is 390 Å². The SMILES string of the molecule is CC(C)(C)[Si](OC[C@H](O)COP(=O)(OCC[Si](C)(c1ccccc1)c1ccccc1)OC[C@@H](O)CO[Si](c1ccccc1)(c1ccccc1)C(C)(C)C)(c1ccccc1)c1ccccc1. The van der Waals surface area contributed by atoms with E-state index in [0.29, 0.717) is 6.04 Å². The molecule has 0 saturated carbocycles. The van der Waals surface area contributed by atoms with Gasteiger partial charge in [-0.05, 0) is 36.9 Å². The van der Waals surface area contributed by atoms with Crippen LogP contribution in [0.25, 0.3) is 0 Å². The predicted molar refractivity (Wildman–Crippen MR) is 273 cm³/mol. The lowest BCUT2D eigenvalue weighted by molar-refractivity contribution is 0.0128. The molecule has 0 amide bonds. The summed E-state index contributed by atoms with van der Waals surface area (Å²) in [5.74, 6) is 0. The van der Waals surface area contributed by atoms with Gasteiger partial charge in [0.2, 0.25) is 0 Å². The minimum absolute atomic E-state index is 0.0487. The molecule has 6 aromatic carbocycles. The molecule has 8 nitrogen and oxygen atoms in total. The number of hydrogen-bond acceptors (Lipinski definition) is 8. The molecule has 0 aromatic heterocycles. The Kier molecular flexibility index (Phi) is 17.1. The first-order valence-electron chi connectivity index (χ1n) is 22.5. The molecule has 0 aliphatic rings. The van der Waals surface area contributed by atoms with Gasteiger partial charge in [-0.2, -0.15) is 0 Å². The Hall–Kier alpha value is -4.08. The maximum atomic E-state index is 14.8. The number of aliphatic hydroxyl groups excluding tert-OH is 2. The Balaban J connectivity index is 1.23. The van der Waals surface area contributed by atoms with E-state index < -0.39 is 58.0 Å². The van der Waals surface area contributed by atoms with Crippen molar-refractivity contribution in [1.29, 1.82) is 0 Å². The summed E-state index contributed by atoms with van der Waals surface area (Å²) in [6.07, 6.45) is -2.37. The van der Waals surface area contributed by atoms with E-state index in [4.69, 9.17) is 22.4 Å². The van der Waals surface area contributed by atoms with E-state index in [1.165, 1.54) is 10.4 Å². The molecule has 0 fully saturated rings. The van der Waals surface area contributed by atoms with Gasteiger partial charge < -0.3 is 19.1 Å². The van der Waals surface area contributed by atoms with Crippen LogP contribution in [0, 0.1) is 0 Å². The first kappa shape index (κ1) is 50.3. The summed E-state index contributed by atoms with van der Waals surface area (Å²) in [7, 11) is -12.8. The lowest BCUT2D eigenvalue weighted by atomic mass is 10.2. The normalized spacial score (nSPS) is 13.9. The molecule has 2 N–H and O–H groups in total. The van der Waals surface area contributed by atoms with Crippen molar-refractivity contribution >= 4 is 63.7 Å². The Morgan fingerprint density at radius 2 is 0.692 bits per heavy atom. The Morgan fingerprint density at radius 3 is 0.954 bits per heavy atom. The van der Waals surface area contributed by atoms with Crippen molar-refractivity contribution in [2.75, 3.05) is 33.0 Å². The molecule has 0 unspecified atom stereocenters. The van der Waals surface area contributed by atoms with Gasteiger partial charge in [-0.25, -0.2) is 4.57 Å². The van der Waals surface area contributed by atoms with Crippen LogP contribution in [0.5, 0.6) is 0 Å². The smallest absolute Gasteiger partial charge is 0.405 e. The van der Waals surface area contributed by atoms with Gasteiger partial charge in [0.15, 0.2) is 0 Å². The van der Waals surface area contributed by atoms with Crippen molar-refractivity contribution in [2.45, 2.75) is 76.4 Å². The summed E-state index contributed by atoms with van der Waals surface area (Å²) >= 11 is 0. The van der Waals surface area contributed by atoms with Crippen LogP contribution in [-0.2, 0) is 27.0 Å². The van der Waals surface area contributed by atoms with Crippen molar-refractivity contribution in [3.8, 4) is 0 Å². The van der Waals surface area contributed by atoms with Crippen molar-refractivity contribution in [3.05, 3.63) is 182 Å². The van der Waals surface area contributed by atoms with Gasteiger partial charge in [-0.15, -0.1) is 0 Å². The Bertz CT molecular complexity index is 2130. The molecule has 0 heterocycles. The summed E-state index contributed by atoms with van der Waals surface area (Å²) < 4.78 is 47.1. The molecule has 2 atom stereocenters. The van der Waals surface area contributed by atoms with Crippen molar-refractivity contribution in [3.63, 3.8) is 0 Å². The fourth-order valence-corrected chi connectivity index (χ4v) is 22.8. The fraction of sp³-hybridized carbons (Fsp3) is 0.321. The summed E-state index contributed by atoms with van der Waals surface area (Å²) in [4.78, 5) is 0. The van der Waals surface area contributed by atoms with Crippen LogP contribution in [-0.4, -0.2) is 80.2 Å². The second-order valence-electron chi connectivity index (χ2n) is 18.9. The van der Waals surface area contributed by atoms with E-state index in [2.05, 4.69) is 121 Å². The molecular weight excluding hydrogens is 880 g/mol. The summed E-state index contributed by atoms with van der Waals surface area (Å²) in [5.41, 5.74) is 0. The molecule has 0 saturated heterocycles. The van der Waals surface area contributed by atoms with Crippen LogP contribution in [0.2, 0.25) is 22.7 Å². The molecule has 344 valence electrons. The first-order chi connectivity index (χ1) is 31.0. The Morgan fingerprint density at radius 1 is 0.431 bits per heavy atom. The third kappa shape index (κ3) is 11.9. The van der Waals surface area contributed by atoms with Crippen molar-refractivity contribution < 1.29 is 37.2 Å². The second kappa shape index (κ2) is 22.1. The summed E-state index contributed by atoms with van der Waals surface area (Å²) in [6, 6.07) is 62.0. The maximum Gasteiger partial charge on any atom is 0.474 e. The molecule has 0 spiro atoms. The summed E-state index contributed by atoms with van der Waals surface area (Å²) in [5, 5.41) is 29.3. The number of aliphatic hydroxyl groups is 2. The van der Waals surface area contributed by atoms with Crippen LogP contribution >= 0.6 is 7.82 Å². The van der Waals surface area contributed by atoms with Crippen molar-refractivity contribution in [2.24, 2.45) is 0 Å². The van der Waals surface area contributed by atoms with Gasteiger partial charge in [0, 0.05) is 0 Å². The highest BCUT2D eigenvalue weighted by molar-refractivity contribution is 7.48. The monoisotopic (exact) mass is 946 g/mol. The van der Waals surface area contributed by atoms with Crippen LogP contribution in [0.1, 0.15) is 41.5 Å². The highest BCUT2D eigenvalue weighted by Gasteiger charge is 2.52. The van der Waals surface area contributed by atoms with Crippen LogP contribution in [0.15, 0.2) is 182 Å². The molecule has 0 aliphatic heterocycles. The number of rotatable bonds is 22. The van der Waals surface area contributed by atoms with Gasteiger partial charge >= 0.3 is 7.82 Å². The number of phosphoric ester groups is 1. The zero-order chi connectivity index (χ0) is 46.6. The second-order valence-corrected chi connectivity index (χ2v) is 33.5. The number of phosphoric acid groups is 1. The topological polar surface area (TPSA) is 104 Å². The van der Waals surface area contributed by atoms with E-state index >= 15 is 0 Å². The standard InChI is InChI=1S/C53H67O8PSi3/c1-52(2,3)64(48-30-18-10-19-31-48,49-32-20-11-21-33-49)60-42-44(54)40-58-62(56,57-38-39-63(7,46-26-14-8-15-27-46)47-28-16-9-17-29-47)59-41-45(55)43-61-65(53(4,5)6,50-34-22-12-23-35-50)51-36-24-13-25-37-51/h8-37,44-45,54-55H,38-43H2,1-7H3/t44-,45-/m1/s1. The molecule has 6 aromatic rings. The molecule has 12 heteroatoms. The quantitative estimate of drug-likeness (QED) is 0.0524.